The highest BCUT2D eigenvalue weighted by atomic mass is 16.5. The molecule has 15 heavy (non-hydrogen) atoms. The molecule has 1 unspecified atom stereocenters. The number of hydrogen-bond donors (Lipinski definition) is 1. The topological polar surface area (TPSA) is 74.4 Å². The third-order valence-corrected chi connectivity index (χ3v) is 1.97. The Hall–Kier alpha value is -1.62. The molecule has 0 bridgehead atoms. The van der Waals surface area contributed by atoms with Gasteiger partial charge in [-0.25, -0.2) is 0 Å². The molecule has 1 rings (SSSR count). The highest BCUT2D eigenvalue weighted by molar-refractivity contribution is 5.75. The van der Waals surface area contributed by atoms with Crippen molar-refractivity contribution >= 4 is 5.97 Å². The lowest BCUT2D eigenvalue weighted by molar-refractivity contribution is -0.142. The van der Waals surface area contributed by atoms with Crippen molar-refractivity contribution in [3.8, 4) is 5.75 Å². The Labute approximate surface area is 88.2 Å². The number of esters is 1. The smallest absolute Gasteiger partial charge is 0.323 e. The summed E-state index contributed by atoms with van der Waals surface area (Å²) < 4.78 is 9.47. The Kier molecular flexibility index (Phi) is 4.05. The number of hydrogen-bond acceptors (Lipinski definition) is 5. The molecule has 1 heterocycles. The molecule has 0 amide bonds. The quantitative estimate of drug-likeness (QED) is 0.715. The number of carbonyl (C=O) groups excluding carboxylic acids is 1. The Balaban J connectivity index is 2.60. The molecule has 1 aromatic rings. The largest absolute Gasteiger partial charge is 0.495 e. The van der Waals surface area contributed by atoms with Gasteiger partial charge in [-0.3, -0.25) is 9.78 Å². The zero-order valence-electron chi connectivity index (χ0n) is 8.77. The van der Waals surface area contributed by atoms with Crippen molar-refractivity contribution in [1.29, 1.82) is 0 Å². The fourth-order valence-corrected chi connectivity index (χ4v) is 1.11. The molecule has 5 nitrogen and oxygen atoms in total. The van der Waals surface area contributed by atoms with Crippen LogP contribution in [-0.2, 0) is 16.0 Å². The van der Waals surface area contributed by atoms with Crippen LogP contribution in [0.15, 0.2) is 18.3 Å². The van der Waals surface area contributed by atoms with Gasteiger partial charge >= 0.3 is 5.97 Å². The molecule has 0 fully saturated rings. The van der Waals surface area contributed by atoms with Crippen molar-refractivity contribution in [2.24, 2.45) is 5.73 Å². The molecule has 82 valence electrons. The summed E-state index contributed by atoms with van der Waals surface area (Å²) in [5, 5.41) is 0. The van der Waals surface area contributed by atoms with Gasteiger partial charge in [-0.2, -0.15) is 0 Å². The Morgan fingerprint density at radius 2 is 2.27 bits per heavy atom. The molecular weight excluding hydrogens is 196 g/mol. The van der Waals surface area contributed by atoms with E-state index in [9.17, 15) is 4.79 Å². The molecule has 0 radical (unpaired) electrons. The van der Waals surface area contributed by atoms with Crippen molar-refractivity contribution in [2.75, 3.05) is 14.2 Å². The normalized spacial score (nSPS) is 11.9. The van der Waals surface area contributed by atoms with E-state index in [0.717, 1.165) is 5.69 Å². The molecule has 0 aliphatic heterocycles. The zero-order valence-corrected chi connectivity index (χ0v) is 8.77. The summed E-state index contributed by atoms with van der Waals surface area (Å²) in [6.07, 6.45) is 1.94. The van der Waals surface area contributed by atoms with Gasteiger partial charge in [0.05, 0.1) is 20.4 Å². The number of rotatable bonds is 4. The third-order valence-electron chi connectivity index (χ3n) is 1.97. The molecule has 0 saturated carbocycles. The lowest BCUT2D eigenvalue weighted by atomic mass is 10.1. The number of ether oxygens (including phenoxy) is 2. The van der Waals surface area contributed by atoms with Gasteiger partial charge in [0.25, 0.3) is 0 Å². The van der Waals surface area contributed by atoms with Crippen LogP contribution in [0.2, 0.25) is 0 Å². The standard InChI is InChI=1S/C10H14N2O3/c1-14-8-4-3-7(12-6-8)5-9(11)10(13)15-2/h3-4,6,9H,5,11H2,1-2H3. The number of pyridine rings is 1. The summed E-state index contributed by atoms with van der Waals surface area (Å²) >= 11 is 0. The van der Waals surface area contributed by atoms with Crippen LogP contribution in [0.3, 0.4) is 0 Å². The van der Waals surface area contributed by atoms with Crippen molar-refractivity contribution < 1.29 is 14.3 Å². The monoisotopic (exact) mass is 210 g/mol. The van der Waals surface area contributed by atoms with E-state index in [0.29, 0.717) is 12.2 Å². The van der Waals surface area contributed by atoms with E-state index in [2.05, 4.69) is 9.72 Å². The fourth-order valence-electron chi connectivity index (χ4n) is 1.11. The first-order valence-corrected chi connectivity index (χ1v) is 4.49. The van der Waals surface area contributed by atoms with Crippen LogP contribution in [0.25, 0.3) is 0 Å². The molecule has 0 aromatic carbocycles. The Morgan fingerprint density at radius 1 is 1.53 bits per heavy atom. The molecule has 5 heteroatoms. The second kappa shape index (κ2) is 5.31. The van der Waals surface area contributed by atoms with Crippen molar-refractivity contribution in [3.05, 3.63) is 24.0 Å². The van der Waals surface area contributed by atoms with E-state index in [4.69, 9.17) is 10.5 Å². The first-order chi connectivity index (χ1) is 7.17. The van der Waals surface area contributed by atoms with Crippen LogP contribution in [0, 0.1) is 0 Å². The van der Waals surface area contributed by atoms with E-state index >= 15 is 0 Å². The van der Waals surface area contributed by atoms with Crippen LogP contribution in [-0.4, -0.2) is 31.2 Å². The molecule has 0 saturated heterocycles. The molecule has 0 aliphatic rings. The molecule has 2 N–H and O–H groups in total. The van der Waals surface area contributed by atoms with E-state index < -0.39 is 12.0 Å². The average molecular weight is 210 g/mol. The van der Waals surface area contributed by atoms with Crippen LogP contribution >= 0.6 is 0 Å². The predicted molar refractivity (Wildman–Crippen MR) is 54.5 cm³/mol. The number of nitrogens with zero attached hydrogens (tertiary/aromatic N) is 1. The highest BCUT2D eigenvalue weighted by Crippen LogP contribution is 2.09. The maximum Gasteiger partial charge on any atom is 0.323 e. The van der Waals surface area contributed by atoms with Crippen LogP contribution in [0.5, 0.6) is 5.75 Å². The molecule has 1 atom stereocenters. The van der Waals surface area contributed by atoms with Gasteiger partial charge in [-0.1, -0.05) is 0 Å². The van der Waals surface area contributed by atoms with Gasteiger partial charge < -0.3 is 15.2 Å². The van der Waals surface area contributed by atoms with Gasteiger partial charge in [-0.05, 0) is 12.1 Å². The van der Waals surface area contributed by atoms with Gasteiger partial charge in [0.15, 0.2) is 0 Å². The van der Waals surface area contributed by atoms with E-state index in [1.54, 1.807) is 25.4 Å². The number of nitrogens with two attached hydrogens (primary N) is 1. The minimum Gasteiger partial charge on any atom is -0.495 e. The Morgan fingerprint density at radius 3 is 2.73 bits per heavy atom. The minimum atomic E-state index is -0.670. The van der Waals surface area contributed by atoms with Crippen molar-refractivity contribution in [1.82, 2.24) is 4.98 Å². The van der Waals surface area contributed by atoms with E-state index in [1.165, 1.54) is 7.11 Å². The second-order valence-electron chi connectivity index (χ2n) is 3.02. The summed E-state index contributed by atoms with van der Waals surface area (Å²) in [6.45, 7) is 0. The Bertz CT molecular complexity index is 324. The summed E-state index contributed by atoms with van der Waals surface area (Å²) in [6, 6.07) is 2.87. The van der Waals surface area contributed by atoms with Crippen LogP contribution < -0.4 is 10.5 Å². The van der Waals surface area contributed by atoms with Gasteiger partial charge in [0.1, 0.15) is 11.8 Å². The number of carbonyl (C=O) groups is 1. The maximum atomic E-state index is 11.0. The molecule has 1 aromatic heterocycles. The minimum absolute atomic E-state index is 0.358. The summed E-state index contributed by atoms with van der Waals surface area (Å²) in [5.41, 5.74) is 6.31. The maximum absolute atomic E-state index is 11.0. The highest BCUT2D eigenvalue weighted by Gasteiger charge is 2.14. The molecular formula is C10H14N2O3. The summed E-state index contributed by atoms with van der Waals surface area (Å²) in [5.74, 6) is 0.234. The van der Waals surface area contributed by atoms with Gasteiger partial charge in [0, 0.05) is 12.1 Å². The zero-order chi connectivity index (χ0) is 11.3. The van der Waals surface area contributed by atoms with Crippen LogP contribution in [0.1, 0.15) is 5.69 Å². The predicted octanol–water partition coefficient (Wildman–Crippen LogP) is 0.133. The van der Waals surface area contributed by atoms with Crippen molar-refractivity contribution in [3.63, 3.8) is 0 Å². The molecule has 0 aliphatic carbocycles. The fraction of sp³-hybridized carbons (Fsp3) is 0.400. The number of aromatic nitrogens is 1. The van der Waals surface area contributed by atoms with Gasteiger partial charge in [0.2, 0.25) is 0 Å². The third kappa shape index (κ3) is 3.21. The van der Waals surface area contributed by atoms with Crippen molar-refractivity contribution in [2.45, 2.75) is 12.5 Å². The summed E-state index contributed by atoms with van der Waals surface area (Å²) in [7, 11) is 2.88. The van der Waals surface area contributed by atoms with E-state index in [1.807, 2.05) is 0 Å². The second-order valence-corrected chi connectivity index (χ2v) is 3.02. The van der Waals surface area contributed by atoms with Crippen LogP contribution in [0.4, 0.5) is 0 Å². The lowest BCUT2D eigenvalue weighted by Gasteiger charge is -2.08. The molecule has 0 spiro atoms. The first kappa shape index (κ1) is 11.5. The first-order valence-electron chi connectivity index (χ1n) is 4.49. The summed E-state index contributed by atoms with van der Waals surface area (Å²) in [4.78, 5) is 15.1. The lowest BCUT2D eigenvalue weighted by Crippen LogP contribution is -2.33. The van der Waals surface area contributed by atoms with E-state index in [-0.39, 0.29) is 0 Å². The SMILES string of the molecule is COC(=O)C(N)Cc1ccc(OC)cn1. The number of methoxy groups -OCH3 is 2. The average Bonchev–Trinajstić information content (AvgIpc) is 2.29. The van der Waals surface area contributed by atoms with Gasteiger partial charge in [-0.15, -0.1) is 0 Å².